The van der Waals surface area contributed by atoms with E-state index in [9.17, 15) is 9.59 Å². The Labute approximate surface area is 113 Å². The molecule has 0 aromatic heterocycles. The average molecular weight is 314 g/mol. The Morgan fingerprint density at radius 2 is 1.65 bits per heavy atom. The SMILES string of the molecule is O=C1C(Br)=C(CCCCl)C(=O)c2ccccc21. The molecule has 0 N–H and O–H groups in total. The zero-order valence-corrected chi connectivity index (χ0v) is 11.3. The Bertz CT molecular complexity index is 520. The van der Waals surface area contributed by atoms with Crippen molar-refractivity contribution in [3.8, 4) is 0 Å². The molecule has 2 rings (SSSR count). The smallest absolute Gasteiger partial charge is 0.201 e. The number of rotatable bonds is 3. The van der Waals surface area contributed by atoms with Gasteiger partial charge in [0, 0.05) is 22.6 Å². The molecule has 0 fully saturated rings. The van der Waals surface area contributed by atoms with Gasteiger partial charge in [-0.1, -0.05) is 24.3 Å². The van der Waals surface area contributed by atoms with Crippen LogP contribution in [0.2, 0.25) is 0 Å². The Morgan fingerprint density at radius 3 is 2.24 bits per heavy atom. The lowest BCUT2D eigenvalue weighted by atomic mass is 9.88. The molecule has 1 aliphatic rings. The van der Waals surface area contributed by atoms with Crippen LogP contribution in [0.1, 0.15) is 33.6 Å². The zero-order valence-electron chi connectivity index (χ0n) is 9.00. The van der Waals surface area contributed by atoms with Gasteiger partial charge in [-0.25, -0.2) is 0 Å². The number of alkyl halides is 1. The first-order valence-electron chi connectivity index (χ1n) is 5.30. The van der Waals surface area contributed by atoms with Gasteiger partial charge in [0.2, 0.25) is 5.78 Å². The number of allylic oxidation sites excluding steroid dienone is 2. The van der Waals surface area contributed by atoms with E-state index < -0.39 is 0 Å². The van der Waals surface area contributed by atoms with Crippen molar-refractivity contribution in [3.63, 3.8) is 0 Å². The summed E-state index contributed by atoms with van der Waals surface area (Å²) in [7, 11) is 0. The molecule has 0 spiro atoms. The summed E-state index contributed by atoms with van der Waals surface area (Å²) in [6, 6.07) is 6.89. The normalized spacial score (nSPS) is 15.2. The van der Waals surface area contributed by atoms with Crippen LogP contribution in [0.15, 0.2) is 34.3 Å². The van der Waals surface area contributed by atoms with Crippen LogP contribution in [0.4, 0.5) is 0 Å². The fourth-order valence-electron chi connectivity index (χ4n) is 1.86. The topological polar surface area (TPSA) is 34.1 Å². The zero-order chi connectivity index (χ0) is 12.4. The third-order valence-corrected chi connectivity index (χ3v) is 3.82. The van der Waals surface area contributed by atoms with Crippen LogP contribution < -0.4 is 0 Å². The molecule has 0 saturated heterocycles. The number of carbonyl (C=O) groups excluding carboxylic acids is 2. The summed E-state index contributed by atoms with van der Waals surface area (Å²) in [6.07, 6.45) is 1.22. The van der Waals surface area contributed by atoms with Crippen molar-refractivity contribution in [1.29, 1.82) is 0 Å². The lowest BCUT2D eigenvalue weighted by Gasteiger charge is -2.17. The highest BCUT2D eigenvalue weighted by Gasteiger charge is 2.29. The van der Waals surface area contributed by atoms with Gasteiger partial charge in [0.15, 0.2) is 5.78 Å². The minimum Gasteiger partial charge on any atom is -0.289 e. The number of fused-ring (bicyclic) bond motifs is 1. The molecule has 4 heteroatoms. The molecule has 1 aliphatic carbocycles. The van der Waals surface area contributed by atoms with E-state index in [-0.39, 0.29) is 11.6 Å². The second-order valence-electron chi connectivity index (χ2n) is 3.79. The molecule has 0 amide bonds. The van der Waals surface area contributed by atoms with Gasteiger partial charge < -0.3 is 0 Å². The van der Waals surface area contributed by atoms with E-state index in [2.05, 4.69) is 15.9 Å². The maximum Gasteiger partial charge on any atom is 0.201 e. The van der Waals surface area contributed by atoms with Crippen LogP contribution in [0.25, 0.3) is 0 Å². The van der Waals surface area contributed by atoms with E-state index in [1.165, 1.54) is 0 Å². The van der Waals surface area contributed by atoms with Gasteiger partial charge in [-0.05, 0) is 28.8 Å². The van der Waals surface area contributed by atoms with E-state index in [0.717, 1.165) is 0 Å². The number of ketones is 2. The molecule has 17 heavy (non-hydrogen) atoms. The van der Waals surface area contributed by atoms with Crippen molar-refractivity contribution in [2.24, 2.45) is 0 Å². The Hall–Kier alpha value is -0.930. The largest absolute Gasteiger partial charge is 0.289 e. The molecule has 1 aromatic rings. The molecule has 0 heterocycles. The van der Waals surface area contributed by atoms with Crippen LogP contribution >= 0.6 is 27.5 Å². The van der Waals surface area contributed by atoms with Crippen LogP contribution in [0.3, 0.4) is 0 Å². The van der Waals surface area contributed by atoms with Crippen molar-refractivity contribution < 1.29 is 9.59 Å². The van der Waals surface area contributed by atoms with Crippen LogP contribution in [0.5, 0.6) is 0 Å². The second-order valence-corrected chi connectivity index (χ2v) is 4.96. The van der Waals surface area contributed by atoms with Gasteiger partial charge >= 0.3 is 0 Å². The number of hydrogen-bond donors (Lipinski definition) is 0. The van der Waals surface area contributed by atoms with Crippen LogP contribution in [-0.4, -0.2) is 17.4 Å². The molecule has 1 aromatic carbocycles. The van der Waals surface area contributed by atoms with Gasteiger partial charge in [0.05, 0.1) is 4.48 Å². The van der Waals surface area contributed by atoms with E-state index in [1.807, 2.05) is 0 Å². The molecule has 0 unspecified atom stereocenters. The van der Waals surface area contributed by atoms with E-state index >= 15 is 0 Å². The first-order valence-corrected chi connectivity index (χ1v) is 6.62. The number of Topliss-reactive ketones (excluding diaryl/α,β-unsaturated/α-hetero) is 2. The Kier molecular flexibility index (Phi) is 3.79. The lowest BCUT2D eigenvalue weighted by Crippen LogP contribution is -2.19. The molecular formula is C13H10BrClO2. The number of halogens is 2. The van der Waals surface area contributed by atoms with E-state index in [1.54, 1.807) is 24.3 Å². The van der Waals surface area contributed by atoms with E-state index in [4.69, 9.17) is 11.6 Å². The van der Waals surface area contributed by atoms with E-state index in [0.29, 0.717) is 39.9 Å². The van der Waals surface area contributed by atoms with Gasteiger partial charge in [-0.15, -0.1) is 11.6 Å². The fourth-order valence-corrected chi connectivity index (χ4v) is 2.59. The third-order valence-electron chi connectivity index (χ3n) is 2.72. The number of hydrogen-bond acceptors (Lipinski definition) is 2. The van der Waals surface area contributed by atoms with Gasteiger partial charge in [0.1, 0.15) is 0 Å². The van der Waals surface area contributed by atoms with Crippen molar-refractivity contribution in [3.05, 3.63) is 45.4 Å². The lowest BCUT2D eigenvalue weighted by molar-refractivity contribution is 0.0979. The summed E-state index contributed by atoms with van der Waals surface area (Å²) in [6.45, 7) is 0. The highest BCUT2D eigenvalue weighted by molar-refractivity contribution is 9.12. The minimum atomic E-state index is -0.121. The maximum atomic E-state index is 12.2. The molecule has 0 aliphatic heterocycles. The van der Waals surface area contributed by atoms with Crippen molar-refractivity contribution in [2.45, 2.75) is 12.8 Å². The Balaban J connectivity index is 2.47. The van der Waals surface area contributed by atoms with Crippen molar-refractivity contribution >= 4 is 39.1 Å². The molecule has 0 atom stereocenters. The summed E-state index contributed by atoms with van der Waals surface area (Å²) in [5.41, 5.74) is 1.50. The first-order chi connectivity index (χ1) is 8.16. The van der Waals surface area contributed by atoms with Gasteiger partial charge in [0.25, 0.3) is 0 Å². The summed E-state index contributed by atoms with van der Waals surface area (Å²) < 4.78 is 0.381. The third kappa shape index (κ3) is 2.22. The van der Waals surface area contributed by atoms with Crippen molar-refractivity contribution in [1.82, 2.24) is 0 Å². The fraction of sp³-hybridized carbons (Fsp3) is 0.231. The standard InChI is InChI=1S/C13H10BrClO2/c14-11-10(6-3-7-15)12(16)8-4-1-2-5-9(8)13(11)17/h1-2,4-5H,3,6-7H2. The molecular weight excluding hydrogens is 303 g/mol. The predicted molar refractivity (Wildman–Crippen MR) is 71.0 cm³/mol. The maximum absolute atomic E-state index is 12.2. The summed E-state index contributed by atoms with van der Waals surface area (Å²) in [4.78, 5) is 24.2. The Morgan fingerprint density at radius 1 is 1.06 bits per heavy atom. The average Bonchev–Trinajstić information content (AvgIpc) is 2.36. The van der Waals surface area contributed by atoms with Gasteiger partial charge in [-0.2, -0.15) is 0 Å². The minimum absolute atomic E-state index is 0.0720. The summed E-state index contributed by atoms with van der Waals surface area (Å²) in [5, 5.41) is 0. The molecule has 0 saturated carbocycles. The molecule has 0 bridgehead atoms. The highest BCUT2D eigenvalue weighted by atomic mass is 79.9. The number of carbonyl (C=O) groups is 2. The monoisotopic (exact) mass is 312 g/mol. The van der Waals surface area contributed by atoms with Crippen LogP contribution in [-0.2, 0) is 0 Å². The molecule has 2 nitrogen and oxygen atoms in total. The van der Waals surface area contributed by atoms with Crippen LogP contribution in [0, 0.1) is 0 Å². The highest BCUT2D eigenvalue weighted by Crippen LogP contribution is 2.31. The quantitative estimate of drug-likeness (QED) is 0.797. The van der Waals surface area contributed by atoms with Gasteiger partial charge in [-0.3, -0.25) is 9.59 Å². The first kappa shape index (κ1) is 12.5. The molecule has 88 valence electrons. The van der Waals surface area contributed by atoms with Crippen molar-refractivity contribution in [2.75, 3.05) is 5.88 Å². The second kappa shape index (κ2) is 5.15. The predicted octanol–water partition coefficient (Wildman–Crippen LogP) is 3.73. The summed E-state index contributed by atoms with van der Waals surface area (Å²) >= 11 is 8.85. The molecule has 0 radical (unpaired) electrons. The summed E-state index contributed by atoms with van der Waals surface area (Å²) in [5.74, 6) is 0.286. The number of benzene rings is 1.